The molecule has 0 aliphatic heterocycles. The Balaban J connectivity index is 0.000000845. The molecule has 0 aromatic heterocycles. The van der Waals surface area contributed by atoms with E-state index >= 15 is 0 Å². The van der Waals surface area contributed by atoms with Gasteiger partial charge in [-0.3, -0.25) is 0 Å². The molecule has 2 aliphatic carbocycles. The van der Waals surface area contributed by atoms with Gasteiger partial charge in [0, 0.05) is 27.6 Å². The van der Waals surface area contributed by atoms with Crippen molar-refractivity contribution in [2.24, 2.45) is 0 Å². The molecule has 2 aliphatic rings. The fourth-order valence-corrected chi connectivity index (χ4v) is 2.47. The Morgan fingerprint density at radius 2 is 1.31 bits per heavy atom. The van der Waals surface area contributed by atoms with Crippen LogP contribution in [0.25, 0.3) is 0 Å². The third-order valence-corrected chi connectivity index (χ3v) is 3.50. The van der Waals surface area contributed by atoms with Gasteiger partial charge in [0.1, 0.15) is 0 Å². The van der Waals surface area contributed by atoms with Crippen molar-refractivity contribution in [3.63, 3.8) is 0 Å². The van der Waals surface area contributed by atoms with Gasteiger partial charge in [0.25, 0.3) is 0 Å². The first kappa shape index (κ1) is 11.3. The summed E-state index contributed by atoms with van der Waals surface area (Å²) in [5, 5.41) is 0. The zero-order valence-corrected chi connectivity index (χ0v) is 10.4. The van der Waals surface area contributed by atoms with Crippen LogP contribution in [0.3, 0.4) is 0 Å². The van der Waals surface area contributed by atoms with E-state index < -0.39 is 0 Å². The number of hydrogen-bond donors (Lipinski definition) is 0. The summed E-state index contributed by atoms with van der Waals surface area (Å²) in [6.45, 7) is 6.84. The van der Waals surface area contributed by atoms with E-state index in [4.69, 9.17) is 0 Å². The first-order valence-corrected chi connectivity index (χ1v) is 4.96. The van der Waals surface area contributed by atoms with Gasteiger partial charge in [0.05, 0.1) is 0 Å². The molecule has 1 radical (unpaired) electrons. The van der Waals surface area contributed by atoms with Crippen LogP contribution >= 0.6 is 0 Å². The first-order chi connectivity index (χ1) is 5.72. The van der Waals surface area contributed by atoms with Crippen molar-refractivity contribution in [1.82, 2.24) is 0 Å². The maximum absolute atomic E-state index is 2.28. The molecule has 0 heterocycles. The minimum absolute atomic E-state index is 0. The molecule has 0 aromatic carbocycles. The van der Waals surface area contributed by atoms with E-state index in [2.05, 4.69) is 20.8 Å². The Morgan fingerprint density at radius 3 is 1.85 bits per heavy atom. The van der Waals surface area contributed by atoms with Gasteiger partial charge in [-0.2, -0.15) is 0 Å². The summed E-state index contributed by atoms with van der Waals surface area (Å²) in [6, 6.07) is 0. The van der Waals surface area contributed by atoms with E-state index in [-0.39, 0.29) is 21.7 Å². The minimum atomic E-state index is 0. The second-order valence-electron chi connectivity index (χ2n) is 4.04. The van der Waals surface area contributed by atoms with Crippen LogP contribution in [-0.4, -0.2) is 0 Å². The van der Waals surface area contributed by atoms with E-state index in [1.54, 1.807) is 28.2 Å². The van der Waals surface area contributed by atoms with Crippen molar-refractivity contribution in [1.29, 1.82) is 0 Å². The molecule has 0 spiro atoms. The molecule has 0 atom stereocenters. The predicted octanol–water partition coefficient (Wildman–Crippen LogP) is 3.80. The largest absolute Gasteiger partial charge is 0.0589 e. The van der Waals surface area contributed by atoms with Crippen molar-refractivity contribution in [3.8, 4) is 0 Å². The Labute approximate surface area is 96.4 Å². The van der Waals surface area contributed by atoms with Gasteiger partial charge in [-0.15, -0.1) is 0 Å². The summed E-state index contributed by atoms with van der Waals surface area (Å²) in [5.41, 5.74) is 6.47. The second-order valence-corrected chi connectivity index (χ2v) is 4.04. The average molecular weight is 209 g/mol. The van der Waals surface area contributed by atoms with Gasteiger partial charge < -0.3 is 0 Å². The van der Waals surface area contributed by atoms with Crippen LogP contribution in [0.1, 0.15) is 46.5 Å². The van der Waals surface area contributed by atoms with Crippen molar-refractivity contribution in [2.75, 3.05) is 0 Å². The Bertz CT molecular complexity index is 271. The van der Waals surface area contributed by atoms with Crippen LogP contribution < -0.4 is 0 Å². The molecule has 0 nitrogen and oxygen atoms in total. The monoisotopic (exact) mass is 209 g/mol. The van der Waals surface area contributed by atoms with E-state index in [0.29, 0.717) is 0 Å². The van der Waals surface area contributed by atoms with Gasteiger partial charge in [0.2, 0.25) is 0 Å². The van der Waals surface area contributed by atoms with Crippen LogP contribution in [0.15, 0.2) is 22.3 Å². The third-order valence-electron chi connectivity index (χ3n) is 3.50. The molecule has 0 fully saturated rings. The van der Waals surface area contributed by atoms with Gasteiger partial charge in [-0.05, 0) is 50.7 Å². The van der Waals surface area contributed by atoms with Gasteiger partial charge in [-0.1, -0.05) is 18.1 Å². The van der Waals surface area contributed by atoms with E-state index in [1.165, 1.54) is 25.7 Å². The molecule has 2 rings (SSSR count). The van der Waals surface area contributed by atoms with Crippen molar-refractivity contribution in [2.45, 2.75) is 46.5 Å². The molecule has 0 saturated carbocycles. The SMILES string of the molecule is C[C]1C(C)=C(C)C2=C1CCCC2.[Ti]. The van der Waals surface area contributed by atoms with Crippen LogP contribution in [-0.2, 0) is 21.7 Å². The standard InChI is InChI=1S/C12H17.Ti/c1-8-9(2)11-6-4-5-7-12(11)10(8)3;/h4-7H2,1-3H3;. The maximum atomic E-state index is 2.28. The topological polar surface area (TPSA) is 0 Å². The zero-order chi connectivity index (χ0) is 8.72. The van der Waals surface area contributed by atoms with Crippen molar-refractivity contribution in [3.05, 3.63) is 28.2 Å². The van der Waals surface area contributed by atoms with Gasteiger partial charge in [0.15, 0.2) is 0 Å². The molecule has 1 heteroatoms. The summed E-state index contributed by atoms with van der Waals surface area (Å²) >= 11 is 0. The summed E-state index contributed by atoms with van der Waals surface area (Å²) in [4.78, 5) is 0. The summed E-state index contributed by atoms with van der Waals surface area (Å²) < 4.78 is 0. The van der Waals surface area contributed by atoms with Crippen molar-refractivity contribution < 1.29 is 21.7 Å². The average Bonchev–Trinajstić information content (AvgIpc) is 2.33. The van der Waals surface area contributed by atoms with Gasteiger partial charge in [-0.25, -0.2) is 0 Å². The van der Waals surface area contributed by atoms with Crippen molar-refractivity contribution >= 4 is 0 Å². The minimum Gasteiger partial charge on any atom is -0.0589 e. The summed E-state index contributed by atoms with van der Waals surface area (Å²) in [5.74, 6) is 1.57. The number of hydrogen-bond acceptors (Lipinski definition) is 0. The fraction of sp³-hybridized carbons (Fsp3) is 0.583. The van der Waals surface area contributed by atoms with Gasteiger partial charge >= 0.3 is 0 Å². The molecule has 0 saturated heterocycles. The summed E-state index contributed by atoms with van der Waals surface area (Å²) in [7, 11) is 0. The number of rotatable bonds is 0. The van der Waals surface area contributed by atoms with Crippen LogP contribution in [0.2, 0.25) is 0 Å². The number of allylic oxidation sites excluding steroid dienone is 4. The van der Waals surface area contributed by atoms with E-state index in [1.807, 2.05) is 0 Å². The zero-order valence-electron chi connectivity index (χ0n) is 8.83. The van der Waals surface area contributed by atoms with E-state index in [9.17, 15) is 0 Å². The molecular formula is C12H17Ti. The van der Waals surface area contributed by atoms with Crippen LogP contribution in [0.4, 0.5) is 0 Å². The quantitative estimate of drug-likeness (QED) is 0.532. The van der Waals surface area contributed by atoms with Crippen LogP contribution in [0.5, 0.6) is 0 Å². The Morgan fingerprint density at radius 1 is 0.769 bits per heavy atom. The molecule has 0 unspecified atom stereocenters. The van der Waals surface area contributed by atoms with Crippen LogP contribution in [0, 0.1) is 5.92 Å². The predicted molar refractivity (Wildman–Crippen MR) is 52.8 cm³/mol. The fourth-order valence-electron chi connectivity index (χ4n) is 2.47. The first-order valence-electron chi connectivity index (χ1n) is 4.96. The molecule has 13 heavy (non-hydrogen) atoms. The normalized spacial score (nSPS) is 23.3. The molecule has 0 aromatic rings. The molecule has 0 N–H and O–H groups in total. The molecule has 0 bridgehead atoms. The third kappa shape index (κ3) is 1.71. The molecular weight excluding hydrogens is 192 g/mol. The molecule has 0 amide bonds. The Kier molecular flexibility index (Phi) is 3.60. The smallest absolute Gasteiger partial charge is 0.0229 e. The maximum Gasteiger partial charge on any atom is 0.0229 e. The summed E-state index contributed by atoms with van der Waals surface area (Å²) in [6.07, 6.45) is 5.46. The second kappa shape index (κ2) is 4.15. The van der Waals surface area contributed by atoms with E-state index in [0.717, 1.165) is 0 Å². The molecule has 69 valence electrons. The Hall–Kier alpha value is 0.194.